The van der Waals surface area contributed by atoms with Gasteiger partial charge in [-0.1, -0.05) is 35.5 Å². The van der Waals surface area contributed by atoms with Gasteiger partial charge in [0.1, 0.15) is 9.52 Å². The fraction of sp³-hybridized carbons (Fsp3) is 0. The monoisotopic (exact) mass is 288 g/mol. The highest BCUT2D eigenvalue weighted by Crippen LogP contribution is 1.99. The molecule has 0 aliphatic heterocycles. The van der Waals surface area contributed by atoms with Crippen LogP contribution in [-0.2, 0) is 0 Å². The molecule has 2 aromatic heterocycles. The van der Waals surface area contributed by atoms with E-state index in [4.69, 9.17) is 0 Å². The Kier molecular flexibility index (Phi) is 4.23. The highest BCUT2D eigenvalue weighted by molar-refractivity contribution is 6.66. The van der Waals surface area contributed by atoms with Gasteiger partial charge in [0.05, 0.1) is 23.8 Å². The van der Waals surface area contributed by atoms with E-state index in [0.29, 0.717) is 9.52 Å². The van der Waals surface area contributed by atoms with Crippen molar-refractivity contribution in [3.05, 3.63) is 72.7 Å². The van der Waals surface area contributed by atoms with Gasteiger partial charge in [-0.25, -0.2) is 0 Å². The van der Waals surface area contributed by atoms with Crippen LogP contribution >= 0.6 is 0 Å². The van der Waals surface area contributed by atoms with Crippen molar-refractivity contribution in [1.29, 1.82) is 0 Å². The van der Waals surface area contributed by atoms with Crippen LogP contribution in [0.5, 0.6) is 0 Å². The number of aromatic nitrogens is 4. The zero-order valence-corrected chi connectivity index (χ0v) is 12.2. The highest BCUT2D eigenvalue weighted by Gasteiger charge is 1.99. The maximum absolute atomic E-state index is 4.45. The summed E-state index contributed by atoms with van der Waals surface area (Å²) in [5.74, 6) is 0. The Morgan fingerprint density at radius 1 is 0.762 bits per heavy atom. The summed E-state index contributed by atoms with van der Waals surface area (Å²) in [6.07, 6.45) is 12.4. The second-order valence-electron chi connectivity index (χ2n) is 4.28. The Morgan fingerprint density at radius 3 is 2.24 bits per heavy atom. The largest absolute Gasteiger partial charge is 0.262 e. The quantitative estimate of drug-likeness (QED) is 0.674. The summed E-state index contributed by atoms with van der Waals surface area (Å²) in [6.45, 7) is 0. The first-order chi connectivity index (χ1) is 10.4. The van der Waals surface area contributed by atoms with Gasteiger partial charge in [-0.15, -0.1) is 0 Å². The number of hydrogen-bond donors (Lipinski definition) is 0. The second-order valence-corrected chi connectivity index (χ2v) is 5.62. The molecule has 5 heteroatoms. The van der Waals surface area contributed by atoms with Crippen molar-refractivity contribution in [2.75, 3.05) is 0 Å². The minimum absolute atomic E-state index is 0.528. The number of rotatable bonds is 4. The van der Waals surface area contributed by atoms with Crippen LogP contribution in [0, 0.1) is 0 Å². The van der Waals surface area contributed by atoms with Crippen LogP contribution in [0.2, 0.25) is 0 Å². The molecule has 0 saturated heterocycles. The number of hydrogen-bond acceptors (Lipinski definition) is 4. The van der Waals surface area contributed by atoms with E-state index in [9.17, 15) is 0 Å². The molecule has 0 fully saturated rings. The lowest BCUT2D eigenvalue weighted by molar-refractivity contribution is 1.18. The molecule has 3 rings (SSSR count). The van der Waals surface area contributed by atoms with Crippen molar-refractivity contribution in [2.45, 2.75) is 0 Å². The molecule has 1 aromatic carbocycles. The third kappa shape index (κ3) is 3.90. The predicted octanol–water partition coefficient (Wildman–Crippen LogP) is 1.09. The van der Waals surface area contributed by atoms with Crippen LogP contribution in [0.15, 0.2) is 61.3 Å². The van der Waals surface area contributed by atoms with E-state index in [1.54, 1.807) is 24.8 Å². The predicted molar refractivity (Wildman–Crippen MR) is 84.5 cm³/mol. The first-order valence-electron chi connectivity index (χ1n) is 6.48. The fourth-order valence-electron chi connectivity index (χ4n) is 1.73. The lowest BCUT2D eigenvalue weighted by Crippen LogP contribution is -2.29. The van der Waals surface area contributed by atoms with Crippen molar-refractivity contribution in [1.82, 2.24) is 19.9 Å². The molecular weight excluding hydrogens is 276 g/mol. The van der Waals surface area contributed by atoms with Gasteiger partial charge in [0, 0.05) is 23.9 Å². The van der Waals surface area contributed by atoms with E-state index >= 15 is 0 Å². The maximum Gasteiger partial charge on any atom is 0.149 e. The zero-order chi connectivity index (χ0) is 14.3. The van der Waals surface area contributed by atoms with Gasteiger partial charge in [-0.3, -0.25) is 19.9 Å². The third-order valence-corrected chi connectivity index (χ3v) is 3.86. The average molecular weight is 288 g/mol. The summed E-state index contributed by atoms with van der Waals surface area (Å²) in [5, 5.41) is 2.24. The van der Waals surface area contributed by atoms with Crippen LogP contribution in [0.1, 0.15) is 11.4 Å². The van der Waals surface area contributed by atoms with Gasteiger partial charge in [0.2, 0.25) is 0 Å². The maximum atomic E-state index is 4.45. The Bertz CT molecular complexity index is 712. The standard InChI is InChI=1S/C16H12N4Si/c1-2-4-15(5-3-1)21-16-12-19-14(11-20-16)7-6-13-10-17-8-9-18-13/h1-12H. The Labute approximate surface area is 125 Å². The smallest absolute Gasteiger partial charge is 0.149 e. The molecule has 0 bridgehead atoms. The SMILES string of the molecule is C(=Cc1cnc([Si]c2ccccc2)cn1)c1cnccn1. The molecule has 0 atom stereocenters. The summed E-state index contributed by atoms with van der Waals surface area (Å²) in [6, 6.07) is 10.3. The number of benzene rings is 1. The van der Waals surface area contributed by atoms with Crippen molar-refractivity contribution in [2.24, 2.45) is 0 Å². The summed E-state index contributed by atoms with van der Waals surface area (Å²) in [4.78, 5) is 17.0. The molecule has 0 amide bonds. The molecule has 0 saturated carbocycles. The van der Waals surface area contributed by atoms with Crippen LogP contribution < -0.4 is 10.5 Å². The number of nitrogens with zero attached hydrogens (tertiary/aromatic N) is 4. The average Bonchev–Trinajstić information content (AvgIpc) is 2.56. The Balaban J connectivity index is 1.68. The van der Waals surface area contributed by atoms with Crippen molar-refractivity contribution in [3.8, 4) is 0 Å². The van der Waals surface area contributed by atoms with E-state index in [-0.39, 0.29) is 0 Å². The summed E-state index contributed by atoms with van der Waals surface area (Å²) in [7, 11) is 0.528. The molecule has 2 radical (unpaired) electrons. The molecule has 2 heterocycles. The molecule has 3 aromatic rings. The van der Waals surface area contributed by atoms with Gasteiger partial charge in [0.15, 0.2) is 0 Å². The van der Waals surface area contributed by atoms with E-state index in [2.05, 4.69) is 32.1 Å². The normalized spacial score (nSPS) is 10.9. The lowest BCUT2D eigenvalue weighted by atomic mass is 10.3. The molecular formula is C16H12N4Si. The van der Waals surface area contributed by atoms with E-state index in [1.165, 1.54) is 5.19 Å². The third-order valence-electron chi connectivity index (χ3n) is 2.73. The van der Waals surface area contributed by atoms with Gasteiger partial charge < -0.3 is 0 Å². The summed E-state index contributed by atoms with van der Waals surface area (Å²) >= 11 is 0. The minimum Gasteiger partial charge on any atom is -0.262 e. The van der Waals surface area contributed by atoms with Crippen LogP contribution in [0.25, 0.3) is 12.2 Å². The molecule has 0 N–H and O–H groups in total. The molecule has 0 spiro atoms. The Hall–Kier alpha value is -2.66. The first kappa shape index (κ1) is 13.3. The zero-order valence-electron chi connectivity index (χ0n) is 11.2. The fourth-order valence-corrected chi connectivity index (χ4v) is 2.64. The summed E-state index contributed by atoms with van der Waals surface area (Å²) in [5.41, 5.74) is 1.61. The van der Waals surface area contributed by atoms with Gasteiger partial charge in [0.25, 0.3) is 0 Å². The highest BCUT2D eigenvalue weighted by atomic mass is 28.2. The van der Waals surface area contributed by atoms with Crippen molar-refractivity contribution in [3.63, 3.8) is 0 Å². The van der Waals surface area contributed by atoms with E-state index in [1.807, 2.05) is 36.5 Å². The van der Waals surface area contributed by atoms with Crippen LogP contribution in [0.3, 0.4) is 0 Å². The van der Waals surface area contributed by atoms with Gasteiger partial charge in [-0.2, -0.15) is 0 Å². The first-order valence-corrected chi connectivity index (χ1v) is 7.48. The molecule has 0 unspecified atom stereocenters. The molecule has 4 nitrogen and oxygen atoms in total. The van der Waals surface area contributed by atoms with Gasteiger partial charge in [-0.05, 0) is 12.2 Å². The summed E-state index contributed by atoms with van der Waals surface area (Å²) < 4.78 is 0. The van der Waals surface area contributed by atoms with E-state index < -0.39 is 0 Å². The van der Waals surface area contributed by atoms with Crippen molar-refractivity contribution < 1.29 is 0 Å². The lowest BCUT2D eigenvalue weighted by Gasteiger charge is -1.99. The molecule has 0 aliphatic carbocycles. The molecule has 100 valence electrons. The van der Waals surface area contributed by atoms with Crippen LogP contribution in [-0.4, -0.2) is 29.5 Å². The molecule has 0 aliphatic rings. The van der Waals surface area contributed by atoms with Crippen LogP contribution in [0.4, 0.5) is 0 Å². The topological polar surface area (TPSA) is 51.6 Å². The minimum atomic E-state index is 0.528. The second kappa shape index (κ2) is 6.67. The molecule has 21 heavy (non-hydrogen) atoms. The Morgan fingerprint density at radius 2 is 1.57 bits per heavy atom. The van der Waals surface area contributed by atoms with E-state index in [0.717, 1.165) is 16.7 Å². The van der Waals surface area contributed by atoms with Gasteiger partial charge >= 0.3 is 0 Å². The van der Waals surface area contributed by atoms with Crippen molar-refractivity contribution >= 4 is 32.2 Å².